The molecule has 22 heavy (non-hydrogen) atoms. The molecule has 0 saturated heterocycles. The predicted octanol–water partition coefficient (Wildman–Crippen LogP) is 3.79. The van der Waals surface area contributed by atoms with Crippen LogP contribution in [0.4, 0.5) is 18.9 Å². The number of halogens is 3. The number of nitrogens with zero attached hydrogens (tertiary/aromatic N) is 1. The fourth-order valence-electron chi connectivity index (χ4n) is 2.50. The topological polar surface area (TPSA) is 29.5 Å². The number of anilines is 1. The Labute approximate surface area is 124 Å². The third-order valence-electron chi connectivity index (χ3n) is 3.48. The van der Waals surface area contributed by atoms with Gasteiger partial charge >= 0.3 is 6.36 Å². The molecule has 0 atom stereocenters. The smallest absolute Gasteiger partial charge is 0.406 e. The molecule has 0 unspecified atom stereocenters. The first-order valence-electron chi connectivity index (χ1n) is 6.70. The molecule has 0 saturated carbocycles. The highest BCUT2D eigenvalue weighted by Crippen LogP contribution is 2.28. The van der Waals surface area contributed by atoms with Crippen molar-refractivity contribution in [1.82, 2.24) is 0 Å². The number of fused-ring (bicyclic) bond motifs is 1. The Hall–Kier alpha value is -2.50. The minimum atomic E-state index is -4.72. The van der Waals surface area contributed by atoms with Crippen LogP contribution in [-0.2, 0) is 6.42 Å². The van der Waals surface area contributed by atoms with E-state index in [-0.39, 0.29) is 11.7 Å². The summed E-state index contributed by atoms with van der Waals surface area (Å²) in [5.41, 5.74) is 2.17. The maximum Gasteiger partial charge on any atom is 0.573 e. The molecule has 0 radical (unpaired) electrons. The highest BCUT2D eigenvalue weighted by molar-refractivity contribution is 6.08. The minimum Gasteiger partial charge on any atom is -0.406 e. The predicted molar refractivity (Wildman–Crippen MR) is 74.9 cm³/mol. The summed E-state index contributed by atoms with van der Waals surface area (Å²) in [6, 6.07) is 12.6. The number of rotatable bonds is 2. The lowest BCUT2D eigenvalue weighted by Gasteiger charge is -2.28. The highest BCUT2D eigenvalue weighted by atomic mass is 19.4. The maximum absolute atomic E-state index is 12.4. The summed E-state index contributed by atoms with van der Waals surface area (Å²) in [5, 5.41) is 0. The number of alkyl halides is 3. The Kier molecular flexibility index (Phi) is 3.52. The number of ether oxygens (including phenoxy) is 1. The van der Waals surface area contributed by atoms with Gasteiger partial charge in [-0.15, -0.1) is 13.2 Å². The molecule has 0 aliphatic carbocycles. The lowest BCUT2D eigenvalue weighted by Crippen LogP contribution is -2.37. The zero-order valence-electron chi connectivity index (χ0n) is 11.4. The highest BCUT2D eigenvalue weighted by Gasteiger charge is 2.31. The molecule has 2 aromatic carbocycles. The van der Waals surface area contributed by atoms with Crippen molar-refractivity contribution in [3.05, 3.63) is 59.7 Å². The third-order valence-corrected chi connectivity index (χ3v) is 3.48. The summed E-state index contributed by atoms with van der Waals surface area (Å²) < 4.78 is 40.2. The molecular formula is C16H12F3NO2. The normalized spacial score (nSPS) is 14.7. The van der Waals surface area contributed by atoms with Crippen molar-refractivity contribution >= 4 is 11.6 Å². The summed E-state index contributed by atoms with van der Waals surface area (Å²) >= 11 is 0. The molecule has 0 aromatic heterocycles. The van der Waals surface area contributed by atoms with E-state index in [1.165, 1.54) is 24.3 Å². The summed E-state index contributed by atoms with van der Waals surface area (Å²) in [5.74, 6) is -0.451. The van der Waals surface area contributed by atoms with Gasteiger partial charge in [0.2, 0.25) is 0 Å². The fraction of sp³-hybridized carbons (Fsp3) is 0.188. The molecule has 0 N–H and O–H groups in total. The zero-order valence-corrected chi connectivity index (χ0v) is 11.4. The first-order valence-corrected chi connectivity index (χ1v) is 6.70. The second-order valence-electron chi connectivity index (χ2n) is 4.91. The largest absolute Gasteiger partial charge is 0.573 e. The second-order valence-corrected chi connectivity index (χ2v) is 4.91. The molecule has 114 valence electrons. The van der Waals surface area contributed by atoms with Crippen molar-refractivity contribution in [1.29, 1.82) is 0 Å². The molecule has 1 heterocycles. The first kappa shape index (κ1) is 14.4. The van der Waals surface area contributed by atoms with Crippen LogP contribution in [0.25, 0.3) is 0 Å². The van der Waals surface area contributed by atoms with Crippen LogP contribution < -0.4 is 9.64 Å². The molecule has 1 aliphatic heterocycles. The van der Waals surface area contributed by atoms with Gasteiger partial charge in [0.05, 0.1) is 0 Å². The molecule has 3 nitrogen and oxygen atoms in total. The van der Waals surface area contributed by atoms with Crippen molar-refractivity contribution in [2.45, 2.75) is 12.8 Å². The Morgan fingerprint density at radius 3 is 2.36 bits per heavy atom. The van der Waals surface area contributed by atoms with Crippen LogP contribution in [0, 0.1) is 0 Å². The first-order chi connectivity index (χ1) is 10.4. The van der Waals surface area contributed by atoms with Gasteiger partial charge in [-0.3, -0.25) is 4.79 Å². The van der Waals surface area contributed by atoms with E-state index in [2.05, 4.69) is 4.74 Å². The number of benzene rings is 2. The summed E-state index contributed by atoms with van der Waals surface area (Å²) in [6.07, 6.45) is -4.01. The van der Waals surface area contributed by atoms with E-state index in [4.69, 9.17) is 0 Å². The lowest BCUT2D eigenvalue weighted by molar-refractivity contribution is -0.274. The number of carbonyl (C=O) groups excluding carboxylic acids is 1. The van der Waals surface area contributed by atoms with Gasteiger partial charge in [0.15, 0.2) is 0 Å². The maximum atomic E-state index is 12.4. The molecule has 3 rings (SSSR count). The Balaban J connectivity index is 1.82. The van der Waals surface area contributed by atoms with E-state index in [9.17, 15) is 18.0 Å². The van der Waals surface area contributed by atoms with E-state index >= 15 is 0 Å². The van der Waals surface area contributed by atoms with Gasteiger partial charge in [-0.25, -0.2) is 0 Å². The second kappa shape index (κ2) is 5.36. The van der Waals surface area contributed by atoms with Gasteiger partial charge in [0.25, 0.3) is 5.91 Å². The van der Waals surface area contributed by atoms with Gasteiger partial charge < -0.3 is 9.64 Å². The monoisotopic (exact) mass is 307 g/mol. The summed E-state index contributed by atoms with van der Waals surface area (Å²) in [7, 11) is 0. The number of hydrogen-bond acceptors (Lipinski definition) is 2. The van der Waals surface area contributed by atoms with Crippen molar-refractivity contribution < 1.29 is 22.7 Å². The molecule has 0 fully saturated rings. The lowest BCUT2D eigenvalue weighted by atomic mass is 9.98. The SMILES string of the molecule is O=C1c2ccccc2CCN1c1ccc(OC(F)(F)F)cc1. The van der Waals surface area contributed by atoms with E-state index < -0.39 is 6.36 Å². The molecule has 2 aromatic rings. The average Bonchev–Trinajstić information content (AvgIpc) is 2.47. The number of carbonyl (C=O) groups is 1. The Bertz CT molecular complexity index is 695. The van der Waals surface area contributed by atoms with Crippen molar-refractivity contribution in [2.24, 2.45) is 0 Å². The van der Waals surface area contributed by atoms with Crippen LogP contribution in [0.2, 0.25) is 0 Å². The van der Waals surface area contributed by atoms with E-state index in [0.29, 0.717) is 24.2 Å². The number of hydrogen-bond donors (Lipinski definition) is 0. The van der Waals surface area contributed by atoms with Gasteiger partial charge in [-0.1, -0.05) is 18.2 Å². The zero-order chi connectivity index (χ0) is 15.7. The molecular weight excluding hydrogens is 295 g/mol. The minimum absolute atomic E-state index is 0.147. The van der Waals surface area contributed by atoms with Crippen LogP contribution in [-0.4, -0.2) is 18.8 Å². The molecule has 1 amide bonds. The van der Waals surface area contributed by atoms with E-state index in [1.807, 2.05) is 12.1 Å². The third kappa shape index (κ3) is 2.90. The molecule has 6 heteroatoms. The van der Waals surface area contributed by atoms with Crippen LogP contribution in [0.3, 0.4) is 0 Å². The average molecular weight is 307 g/mol. The van der Waals surface area contributed by atoms with Crippen molar-refractivity contribution in [2.75, 3.05) is 11.4 Å². The Morgan fingerprint density at radius 2 is 1.68 bits per heavy atom. The van der Waals surface area contributed by atoms with E-state index in [0.717, 1.165) is 5.56 Å². The quantitative estimate of drug-likeness (QED) is 0.845. The van der Waals surface area contributed by atoms with Crippen LogP contribution in [0.15, 0.2) is 48.5 Å². The summed E-state index contributed by atoms with van der Waals surface area (Å²) in [4.78, 5) is 14.0. The molecule has 0 bridgehead atoms. The van der Waals surface area contributed by atoms with Crippen molar-refractivity contribution in [3.63, 3.8) is 0 Å². The van der Waals surface area contributed by atoms with Gasteiger partial charge in [-0.2, -0.15) is 0 Å². The fourth-order valence-corrected chi connectivity index (χ4v) is 2.50. The van der Waals surface area contributed by atoms with Crippen LogP contribution in [0.5, 0.6) is 5.75 Å². The van der Waals surface area contributed by atoms with Crippen molar-refractivity contribution in [3.8, 4) is 5.75 Å². The van der Waals surface area contributed by atoms with Gasteiger partial charge in [0, 0.05) is 17.8 Å². The molecule has 1 aliphatic rings. The Morgan fingerprint density at radius 1 is 1.00 bits per heavy atom. The molecule has 0 spiro atoms. The van der Waals surface area contributed by atoms with Gasteiger partial charge in [0.1, 0.15) is 5.75 Å². The van der Waals surface area contributed by atoms with Crippen LogP contribution in [0.1, 0.15) is 15.9 Å². The van der Waals surface area contributed by atoms with E-state index in [1.54, 1.807) is 17.0 Å². The standard InChI is InChI=1S/C16H12F3NO2/c17-16(18,19)22-13-7-5-12(6-8-13)20-10-9-11-3-1-2-4-14(11)15(20)21/h1-8H,9-10H2. The summed E-state index contributed by atoms with van der Waals surface area (Å²) in [6.45, 7) is 0.495. The van der Waals surface area contributed by atoms with Gasteiger partial charge in [-0.05, 0) is 42.3 Å². The van der Waals surface area contributed by atoms with Crippen LogP contribution >= 0.6 is 0 Å². The number of amides is 1.